The quantitative estimate of drug-likeness (QED) is 0.637. The summed E-state index contributed by atoms with van der Waals surface area (Å²) in [6.45, 7) is 4.00. The van der Waals surface area contributed by atoms with Gasteiger partial charge in [-0.3, -0.25) is 0 Å². The summed E-state index contributed by atoms with van der Waals surface area (Å²) >= 11 is 18.1. The van der Waals surface area contributed by atoms with Crippen LogP contribution in [0, 0.1) is 5.82 Å². The lowest BCUT2D eigenvalue weighted by Crippen LogP contribution is -2.44. The Kier molecular flexibility index (Phi) is 4.97. The molecule has 0 unspecified atom stereocenters. The van der Waals surface area contributed by atoms with Gasteiger partial charge in [-0.2, -0.15) is 0 Å². The van der Waals surface area contributed by atoms with Crippen molar-refractivity contribution >= 4 is 51.8 Å². The van der Waals surface area contributed by atoms with Crippen molar-refractivity contribution in [3.8, 4) is 0 Å². The van der Waals surface area contributed by atoms with E-state index in [0.717, 1.165) is 48.7 Å². The van der Waals surface area contributed by atoms with Gasteiger partial charge in [0.05, 0.1) is 27.6 Å². The van der Waals surface area contributed by atoms with Gasteiger partial charge in [0.25, 0.3) is 0 Å². The number of benzene rings is 2. The van der Waals surface area contributed by atoms with Crippen LogP contribution in [0.3, 0.4) is 0 Å². The van der Waals surface area contributed by atoms with Gasteiger partial charge in [-0.25, -0.2) is 9.37 Å². The molecule has 3 aromatic rings. The molecule has 1 saturated heterocycles. The average Bonchev–Trinajstić information content (AvgIpc) is 2.98. The third-order valence-corrected chi connectivity index (χ3v) is 5.26. The van der Waals surface area contributed by atoms with Gasteiger partial charge < -0.3 is 14.8 Å². The predicted molar refractivity (Wildman–Crippen MR) is 105 cm³/mol. The third-order valence-electron chi connectivity index (χ3n) is 4.47. The van der Waals surface area contributed by atoms with Crippen LogP contribution in [0.1, 0.15) is 5.56 Å². The summed E-state index contributed by atoms with van der Waals surface area (Å²) in [6, 6.07) is 8.82. The standard InChI is InChI=1S/C18H16Cl3FN4/c19-12-1-2-15-16(9-12)26(18(24-15)25-5-3-23-4-6-25)10-11-7-13(20)17(22)14(21)8-11/h1-2,7-9,23H,3-6,10H2. The van der Waals surface area contributed by atoms with Gasteiger partial charge in [0.1, 0.15) is 0 Å². The summed E-state index contributed by atoms with van der Waals surface area (Å²) in [5.74, 6) is 0.262. The Labute approximate surface area is 165 Å². The molecule has 26 heavy (non-hydrogen) atoms. The number of nitrogens with zero attached hydrogens (tertiary/aromatic N) is 3. The van der Waals surface area contributed by atoms with Crippen LogP contribution >= 0.6 is 34.8 Å². The highest BCUT2D eigenvalue weighted by Crippen LogP contribution is 2.29. The number of halogens is 4. The zero-order valence-corrected chi connectivity index (χ0v) is 16.0. The lowest BCUT2D eigenvalue weighted by atomic mass is 10.2. The number of piperazine rings is 1. The van der Waals surface area contributed by atoms with Gasteiger partial charge >= 0.3 is 0 Å². The number of hydrogen-bond donors (Lipinski definition) is 1. The van der Waals surface area contributed by atoms with Crippen molar-refractivity contribution < 1.29 is 4.39 Å². The van der Waals surface area contributed by atoms with Gasteiger partial charge in [-0.1, -0.05) is 34.8 Å². The molecule has 2 aromatic carbocycles. The summed E-state index contributed by atoms with van der Waals surface area (Å²) < 4.78 is 15.8. The van der Waals surface area contributed by atoms with Gasteiger partial charge in [0.2, 0.25) is 5.95 Å². The molecule has 0 atom stereocenters. The first-order valence-corrected chi connectivity index (χ1v) is 9.41. The fourth-order valence-corrected chi connectivity index (χ4v) is 3.93. The molecule has 1 fully saturated rings. The lowest BCUT2D eigenvalue weighted by Gasteiger charge is -2.29. The number of rotatable bonds is 3. The maximum atomic E-state index is 13.7. The largest absolute Gasteiger partial charge is 0.340 e. The van der Waals surface area contributed by atoms with E-state index >= 15 is 0 Å². The second-order valence-corrected chi connectivity index (χ2v) is 7.49. The van der Waals surface area contributed by atoms with Crippen LogP contribution in [-0.4, -0.2) is 35.7 Å². The van der Waals surface area contributed by atoms with Crippen LogP contribution in [0.25, 0.3) is 11.0 Å². The molecular weight excluding hydrogens is 398 g/mol. The number of nitrogens with one attached hydrogen (secondary N) is 1. The highest BCUT2D eigenvalue weighted by atomic mass is 35.5. The zero-order chi connectivity index (χ0) is 18.3. The molecule has 0 spiro atoms. The Morgan fingerprint density at radius 3 is 2.42 bits per heavy atom. The summed E-state index contributed by atoms with van der Waals surface area (Å²) in [7, 11) is 0. The van der Waals surface area contributed by atoms with Crippen LogP contribution in [0.15, 0.2) is 30.3 Å². The van der Waals surface area contributed by atoms with Gasteiger partial charge in [0.15, 0.2) is 5.82 Å². The first-order valence-electron chi connectivity index (χ1n) is 8.28. The Morgan fingerprint density at radius 2 is 1.73 bits per heavy atom. The number of anilines is 1. The molecule has 0 bridgehead atoms. The fraction of sp³-hybridized carbons (Fsp3) is 0.278. The molecule has 0 aliphatic carbocycles. The lowest BCUT2D eigenvalue weighted by molar-refractivity contribution is 0.571. The smallest absolute Gasteiger partial charge is 0.206 e. The molecule has 1 N–H and O–H groups in total. The van der Waals surface area contributed by atoms with Gasteiger partial charge in [-0.05, 0) is 35.9 Å². The molecule has 4 rings (SSSR count). The molecule has 0 amide bonds. The van der Waals surface area contributed by atoms with E-state index in [2.05, 4.69) is 14.8 Å². The first-order chi connectivity index (χ1) is 12.5. The third kappa shape index (κ3) is 3.37. The van der Waals surface area contributed by atoms with E-state index in [4.69, 9.17) is 39.8 Å². The van der Waals surface area contributed by atoms with E-state index in [1.807, 2.05) is 18.2 Å². The van der Waals surface area contributed by atoms with Crippen molar-refractivity contribution in [2.45, 2.75) is 6.54 Å². The monoisotopic (exact) mass is 412 g/mol. The Bertz CT molecular complexity index is 943. The maximum Gasteiger partial charge on any atom is 0.206 e. The minimum Gasteiger partial charge on any atom is -0.340 e. The Hall–Kier alpha value is -1.53. The summed E-state index contributed by atoms with van der Waals surface area (Å²) in [5, 5.41) is 4.01. The van der Waals surface area contributed by atoms with Crippen LogP contribution < -0.4 is 10.2 Å². The summed E-state index contributed by atoms with van der Waals surface area (Å²) in [5.41, 5.74) is 2.59. The van der Waals surface area contributed by atoms with E-state index in [9.17, 15) is 4.39 Å². The molecule has 1 aromatic heterocycles. The highest BCUT2D eigenvalue weighted by molar-refractivity contribution is 6.35. The van der Waals surface area contributed by atoms with Crippen LogP contribution in [0.2, 0.25) is 15.1 Å². The van der Waals surface area contributed by atoms with E-state index in [1.165, 1.54) is 0 Å². The van der Waals surface area contributed by atoms with Crippen molar-refractivity contribution in [1.29, 1.82) is 0 Å². The van der Waals surface area contributed by atoms with E-state index in [-0.39, 0.29) is 10.0 Å². The second kappa shape index (κ2) is 7.24. The maximum absolute atomic E-state index is 13.7. The number of imidazole rings is 1. The molecule has 136 valence electrons. The fourth-order valence-electron chi connectivity index (χ4n) is 3.23. The van der Waals surface area contributed by atoms with E-state index in [1.54, 1.807) is 12.1 Å². The Morgan fingerprint density at radius 1 is 1.04 bits per heavy atom. The van der Waals surface area contributed by atoms with Crippen molar-refractivity contribution in [2.24, 2.45) is 0 Å². The van der Waals surface area contributed by atoms with Crippen molar-refractivity contribution in [1.82, 2.24) is 14.9 Å². The van der Waals surface area contributed by atoms with Crippen LogP contribution in [0.4, 0.5) is 10.3 Å². The van der Waals surface area contributed by atoms with E-state index in [0.29, 0.717) is 11.6 Å². The van der Waals surface area contributed by atoms with Crippen LogP contribution in [0.5, 0.6) is 0 Å². The first kappa shape index (κ1) is 17.9. The summed E-state index contributed by atoms with van der Waals surface area (Å²) in [6.07, 6.45) is 0. The normalized spacial score (nSPS) is 15.0. The average molecular weight is 414 g/mol. The predicted octanol–water partition coefficient (Wildman–Crippen LogP) is 4.59. The molecule has 2 heterocycles. The van der Waals surface area contributed by atoms with Gasteiger partial charge in [0, 0.05) is 31.2 Å². The highest BCUT2D eigenvalue weighted by Gasteiger charge is 2.20. The molecule has 1 aliphatic heterocycles. The number of fused-ring (bicyclic) bond motifs is 1. The van der Waals surface area contributed by atoms with Crippen molar-refractivity contribution in [3.05, 3.63) is 56.8 Å². The van der Waals surface area contributed by atoms with Crippen molar-refractivity contribution in [3.63, 3.8) is 0 Å². The topological polar surface area (TPSA) is 33.1 Å². The molecule has 1 aliphatic rings. The number of hydrogen-bond acceptors (Lipinski definition) is 3. The van der Waals surface area contributed by atoms with E-state index < -0.39 is 5.82 Å². The Balaban J connectivity index is 1.82. The number of aromatic nitrogens is 2. The summed E-state index contributed by atoms with van der Waals surface area (Å²) in [4.78, 5) is 7.03. The zero-order valence-electron chi connectivity index (χ0n) is 13.8. The minimum absolute atomic E-state index is 0.0127. The van der Waals surface area contributed by atoms with Gasteiger partial charge in [-0.15, -0.1) is 0 Å². The van der Waals surface area contributed by atoms with Crippen molar-refractivity contribution in [2.75, 3.05) is 31.1 Å². The molecule has 8 heteroatoms. The molecule has 0 saturated carbocycles. The molecule has 4 nitrogen and oxygen atoms in total. The SMILES string of the molecule is Fc1c(Cl)cc(Cn2c(N3CCNCC3)nc3ccc(Cl)cc32)cc1Cl. The van der Waals surface area contributed by atoms with Crippen LogP contribution in [-0.2, 0) is 6.54 Å². The minimum atomic E-state index is -0.599. The second-order valence-electron chi connectivity index (χ2n) is 6.24. The molecular formula is C18H16Cl3FN4. The molecule has 0 radical (unpaired) electrons.